The summed E-state index contributed by atoms with van der Waals surface area (Å²) in [7, 11) is 0. The Morgan fingerprint density at radius 3 is 1.00 bits per heavy atom. The van der Waals surface area contributed by atoms with Gasteiger partial charge in [0.15, 0.2) is 0 Å². The summed E-state index contributed by atoms with van der Waals surface area (Å²) in [5.41, 5.74) is 1.75. The molecule has 0 rings (SSSR count). The van der Waals surface area contributed by atoms with Crippen LogP contribution in [-0.4, -0.2) is 11.1 Å². The summed E-state index contributed by atoms with van der Waals surface area (Å²) in [6.07, 6.45) is 0. The van der Waals surface area contributed by atoms with E-state index in [2.05, 4.69) is 13.2 Å². The number of carbonyl (C=O) groups is 1. The van der Waals surface area contributed by atoms with Gasteiger partial charge in [0.1, 0.15) is 0 Å². The molecule has 0 aromatic carbocycles. The minimum atomic E-state index is -0.757. The van der Waals surface area contributed by atoms with Crippen LogP contribution in [0.5, 0.6) is 0 Å². The molecule has 0 heterocycles. The number of aliphatic carboxylic acids is 1. The van der Waals surface area contributed by atoms with Gasteiger partial charge in [-0.3, -0.25) is 4.79 Å². The molecule has 0 aliphatic heterocycles. The van der Waals surface area contributed by atoms with Crippen molar-refractivity contribution in [2.24, 2.45) is 5.41 Å². The van der Waals surface area contributed by atoms with E-state index in [1.54, 1.807) is 20.8 Å². The fraction of sp³-hybridized carbons (Fsp3) is 0.615. The molecule has 15 heavy (non-hydrogen) atoms. The van der Waals surface area contributed by atoms with Crippen LogP contribution in [-0.2, 0) is 4.79 Å². The third-order valence-corrected chi connectivity index (χ3v) is 0.642. The van der Waals surface area contributed by atoms with E-state index in [1.807, 2.05) is 27.7 Å². The molecule has 0 saturated heterocycles. The number of carboxylic acids is 1. The largest absolute Gasteiger partial charge is 0.481 e. The molecule has 0 fully saturated rings. The van der Waals surface area contributed by atoms with Crippen LogP contribution in [0.4, 0.5) is 0 Å². The van der Waals surface area contributed by atoms with E-state index in [-0.39, 0.29) is 0 Å². The third kappa shape index (κ3) is 63.4. The lowest BCUT2D eigenvalue weighted by Crippen LogP contribution is -2.18. The predicted octanol–water partition coefficient (Wildman–Crippen LogP) is 4.28. The van der Waals surface area contributed by atoms with E-state index in [1.165, 1.54) is 11.1 Å². The summed E-state index contributed by atoms with van der Waals surface area (Å²) in [5.74, 6) is -0.757. The molecule has 0 unspecified atom stereocenters. The maximum atomic E-state index is 10.0. The molecular weight excluding hydrogens is 188 g/mol. The monoisotopic (exact) mass is 214 g/mol. The van der Waals surface area contributed by atoms with Crippen LogP contribution in [0.2, 0.25) is 0 Å². The molecule has 2 heteroatoms. The van der Waals surface area contributed by atoms with Crippen molar-refractivity contribution in [3.05, 3.63) is 24.3 Å². The SMILES string of the molecule is C=C(C)C.C=C(C)C.CC(C)(C)C(=O)O. The average Bonchev–Trinajstić information content (AvgIpc) is 1.80. The average molecular weight is 214 g/mol. The lowest BCUT2D eigenvalue weighted by atomic mass is 9.98. The molecular formula is C13H26O2. The minimum absolute atomic E-state index is 0.583. The maximum Gasteiger partial charge on any atom is 0.308 e. The fourth-order valence-electron chi connectivity index (χ4n) is 0. The van der Waals surface area contributed by atoms with Gasteiger partial charge in [0.05, 0.1) is 5.41 Å². The maximum absolute atomic E-state index is 10.0. The lowest BCUT2D eigenvalue weighted by molar-refractivity contribution is -0.145. The van der Waals surface area contributed by atoms with Crippen molar-refractivity contribution in [3.63, 3.8) is 0 Å². The van der Waals surface area contributed by atoms with Crippen molar-refractivity contribution >= 4 is 5.97 Å². The molecule has 0 aliphatic carbocycles. The van der Waals surface area contributed by atoms with Gasteiger partial charge in [0.2, 0.25) is 0 Å². The van der Waals surface area contributed by atoms with Crippen molar-refractivity contribution in [2.75, 3.05) is 0 Å². The van der Waals surface area contributed by atoms with Crippen molar-refractivity contribution in [2.45, 2.75) is 48.5 Å². The zero-order valence-corrected chi connectivity index (χ0v) is 11.3. The normalized spacial score (nSPS) is 8.73. The van der Waals surface area contributed by atoms with Crippen LogP contribution < -0.4 is 0 Å². The third-order valence-electron chi connectivity index (χ3n) is 0.642. The summed E-state index contributed by atoms with van der Waals surface area (Å²) in [6, 6.07) is 0. The number of carboxylic acid groups (broad SMARTS) is 1. The zero-order chi connectivity index (χ0) is 13.2. The van der Waals surface area contributed by atoms with Gasteiger partial charge in [0.25, 0.3) is 0 Å². The van der Waals surface area contributed by atoms with E-state index in [4.69, 9.17) is 5.11 Å². The van der Waals surface area contributed by atoms with E-state index in [0.29, 0.717) is 0 Å². The van der Waals surface area contributed by atoms with Crippen LogP contribution >= 0.6 is 0 Å². The first-order chi connectivity index (χ1) is 6.41. The van der Waals surface area contributed by atoms with Gasteiger partial charge in [-0.25, -0.2) is 0 Å². The van der Waals surface area contributed by atoms with Gasteiger partial charge in [-0.05, 0) is 48.5 Å². The molecule has 1 N–H and O–H groups in total. The molecule has 0 aromatic rings. The van der Waals surface area contributed by atoms with E-state index < -0.39 is 11.4 Å². The Morgan fingerprint density at radius 1 is 0.933 bits per heavy atom. The Morgan fingerprint density at radius 2 is 1.00 bits per heavy atom. The molecule has 0 saturated carbocycles. The van der Waals surface area contributed by atoms with Crippen LogP contribution in [0.3, 0.4) is 0 Å². The Kier molecular flexibility index (Phi) is 12.4. The number of hydrogen-bond donors (Lipinski definition) is 1. The van der Waals surface area contributed by atoms with Crippen molar-refractivity contribution in [3.8, 4) is 0 Å². The van der Waals surface area contributed by atoms with Gasteiger partial charge < -0.3 is 5.11 Å². The highest BCUT2D eigenvalue weighted by Crippen LogP contribution is 2.11. The van der Waals surface area contributed by atoms with Crippen molar-refractivity contribution in [1.29, 1.82) is 0 Å². The highest BCUT2D eigenvalue weighted by Gasteiger charge is 2.18. The van der Waals surface area contributed by atoms with Crippen LogP contribution in [0.25, 0.3) is 0 Å². The van der Waals surface area contributed by atoms with Crippen LogP contribution in [0, 0.1) is 5.41 Å². The quantitative estimate of drug-likeness (QED) is 0.611. The van der Waals surface area contributed by atoms with Gasteiger partial charge >= 0.3 is 5.97 Å². The molecule has 0 spiro atoms. The van der Waals surface area contributed by atoms with E-state index in [9.17, 15) is 4.79 Å². The van der Waals surface area contributed by atoms with Gasteiger partial charge in [-0.2, -0.15) is 0 Å². The first-order valence-corrected chi connectivity index (χ1v) is 4.88. The van der Waals surface area contributed by atoms with Gasteiger partial charge in [-0.1, -0.05) is 11.1 Å². The molecule has 90 valence electrons. The Bertz CT molecular complexity index is 187. The standard InChI is InChI=1S/C5H10O2.2C4H8/c1-5(2,3)4(6)7;2*1-4(2)3/h1-3H3,(H,6,7);2*1H2,2-3H3. The summed E-state index contributed by atoms with van der Waals surface area (Å²) < 4.78 is 0. The first-order valence-electron chi connectivity index (χ1n) is 4.88. The summed E-state index contributed by atoms with van der Waals surface area (Å²) >= 11 is 0. The van der Waals surface area contributed by atoms with E-state index >= 15 is 0 Å². The highest BCUT2D eigenvalue weighted by molar-refractivity contribution is 5.72. The number of allylic oxidation sites excluding steroid dienone is 2. The van der Waals surface area contributed by atoms with Crippen LogP contribution in [0.15, 0.2) is 24.3 Å². The first kappa shape index (κ1) is 19.5. The Balaban J connectivity index is -0.000000155. The van der Waals surface area contributed by atoms with Crippen LogP contribution in [0.1, 0.15) is 48.5 Å². The topological polar surface area (TPSA) is 37.3 Å². The fourth-order valence-corrected chi connectivity index (χ4v) is 0. The van der Waals surface area contributed by atoms with Gasteiger partial charge in [-0.15, -0.1) is 13.2 Å². The highest BCUT2D eigenvalue weighted by atomic mass is 16.4. The molecule has 0 aliphatic rings. The van der Waals surface area contributed by atoms with Crippen molar-refractivity contribution in [1.82, 2.24) is 0 Å². The minimum Gasteiger partial charge on any atom is -0.481 e. The van der Waals surface area contributed by atoms with Crippen molar-refractivity contribution < 1.29 is 9.90 Å². The predicted molar refractivity (Wildman–Crippen MR) is 68.1 cm³/mol. The Labute approximate surface area is 94.7 Å². The summed E-state index contributed by atoms with van der Waals surface area (Å²) in [6.45, 7) is 20.0. The molecule has 2 nitrogen and oxygen atoms in total. The second-order valence-corrected chi connectivity index (χ2v) is 4.97. The lowest BCUT2D eigenvalue weighted by Gasteiger charge is -2.08. The Hall–Kier alpha value is -1.05. The van der Waals surface area contributed by atoms with E-state index in [0.717, 1.165) is 0 Å². The summed E-state index contributed by atoms with van der Waals surface area (Å²) in [4.78, 5) is 10.0. The number of rotatable bonds is 0. The second-order valence-electron chi connectivity index (χ2n) is 4.97. The zero-order valence-electron chi connectivity index (χ0n) is 11.3. The number of hydrogen-bond acceptors (Lipinski definition) is 1. The molecule has 0 radical (unpaired) electrons. The molecule has 0 atom stereocenters. The van der Waals surface area contributed by atoms with Gasteiger partial charge in [0, 0.05) is 0 Å². The second kappa shape index (κ2) is 9.50. The summed E-state index contributed by atoms with van der Waals surface area (Å²) in [5, 5.41) is 8.25. The molecule has 0 bridgehead atoms. The molecule has 0 aromatic heterocycles. The molecule has 0 amide bonds. The smallest absolute Gasteiger partial charge is 0.308 e.